The quantitative estimate of drug-likeness (QED) is 0.902. The SMILES string of the molecule is Cc1ccccc1S(=O)(=O)N1CCC(C)C1CO. The van der Waals surface area contributed by atoms with Crippen LogP contribution in [0.2, 0.25) is 0 Å². The van der Waals surface area contributed by atoms with Crippen molar-refractivity contribution in [3.8, 4) is 0 Å². The van der Waals surface area contributed by atoms with Crippen LogP contribution in [0.3, 0.4) is 0 Å². The highest BCUT2D eigenvalue weighted by atomic mass is 32.2. The number of rotatable bonds is 3. The van der Waals surface area contributed by atoms with Gasteiger partial charge in [0, 0.05) is 6.54 Å². The summed E-state index contributed by atoms with van der Waals surface area (Å²) in [6.45, 7) is 4.14. The molecule has 1 saturated heterocycles. The summed E-state index contributed by atoms with van der Waals surface area (Å²) < 4.78 is 26.6. The normalized spacial score (nSPS) is 25.5. The highest BCUT2D eigenvalue weighted by Gasteiger charge is 2.39. The summed E-state index contributed by atoms with van der Waals surface area (Å²) in [6.07, 6.45) is 0.802. The van der Waals surface area contributed by atoms with E-state index in [9.17, 15) is 13.5 Å². The summed E-state index contributed by atoms with van der Waals surface area (Å²) in [5.41, 5.74) is 0.744. The molecule has 0 spiro atoms. The summed E-state index contributed by atoms with van der Waals surface area (Å²) >= 11 is 0. The van der Waals surface area contributed by atoms with E-state index in [1.165, 1.54) is 4.31 Å². The highest BCUT2D eigenvalue weighted by Crippen LogP contribution is 2.30. The maximum absolute atomic E-state index is 12.6. The topological polar surface area (TPSA) is 57.6 Å². The van der Waals surface area contributed by atoms with Crippen molar-refractivity contribution in [2.24, 2.45) is 5.92 Å². The summed E-state index contributed by atoms with van der Waals surface area (Å²) in [6, 6.07) is 6.68. The van der Waals surface area contributed by atoms with Crippen molar-refractivity contribution in [2.45, 2.75) is 31.2 Å². The second-order valence-electron chi connectivity index (χ2n) is 4.90. The van der Waals surface area contributed by atoms with Crippen LogP contribution in [0.1, 0.15) is 18.9 Å². The van der Waals surface area contributed by atoms with E-state index in [0.717, 1.165) is 12.0 Å². The van der Waals surface area contributed by atoms with Gasteiger partial charge in [-0.05, 0) is 30.9 Å². The fourth-order valence-electron chi connectivity index (χ4n) is 2.51. The van der Waals surface area contributed by atoms with E-state index < -0.39 is 10.0 Å². The van der Waals surface area contributed by atoms with Gasteiger partial charge >= 0.3 is 0 Å². The zero-order valence-electron chi connectivity index (χ0n) is 10.7. The molecule has 18 heavy (non-hydrogen) atoms. The number of benzene rings is 1. The largest absolute Gasteiger partial charge is 0.395 e. The van der Waals surface area contributed by atoms with Crippen LogP contribution in [-0.2, 0) is 10.0 Å². The van der Waals surface area contributed by atoms with E-state index in [2.05, 4.69) is 0 Å². The fraction of sp³-hybridized carbons (Fsp3) is 0.538. The molecule has 1 aromatic carbocycles. The van der Waals surface area contributed by atoms with Gasteiger partial charge < -0.3 is 5.11 Å². The zero-order valence-corrected chi connectivity index (χ0v) is 11.5. The Morgan fingerprint density at radius 1 is 1.39 bits per heavy atom. The molecule has 1 aliphatic heterocycles. The Bertz CT molecular complexity index is 527. The van der Waals surface area contributed by atoms with Crippen molar-refractivity contribution in [1.82, 2.24) is 4.31 Å². The summed E-state index contributed by atoms with van der Waals surface area (Å²) in [5, 5.41) is 9.38. The lowest BCUT2D eigenvalue weighted by Gasteiger charge is -2.25. The van der Waals surface area contributed by atoms with E-state index in [-0.39, 0.29) is 18.6 Å². The van der Waals surface area contributed by atoms with Crippen LogP contribution >= 0.6 is 0 Å². The van der Waals surface area contributed by atoms with Crippen LogP contribution in [0, 0.1) is 12.8 Å². The number of aliphatic hydroxyl groups is 1. The van der Waals surface area contributed by atoms with Crippen LogP contribution in [0.25, 0.3) is 0 Å². The molecule has 4 nitrogen and oxygen atoms in total. The molecule has 1 aliphatic rings. The van der Waals surface area contributed by atoms with Gasteiger partial charge in [-0.1, -0.05) is 25.1 Å². The molecule has 2 unspecified atom stereocenters. The maximum atomic E-state index is 12.6. The molecule has 0 saturated carbocycles. The van der Waals surface area contributed by atoms with E-state index in [1.54, 1.807) is 25.1 Å². The molecule has 0 aliphatic carbocycles. The van der Waals surface area contributed by atoms with E-state index >= 15 is 0 Å². The first-order chi connectivity index (χ1) is 8.48. The summed E-state index contributed by atoms with van der Waals surface area (Å²) in [7, 11) is -3.49. The predicted octanol–water partition coefficient (Wildman–Crippen LogP) is 1.39. The lowest BCUT2D eigenvalue weighted by atomic mass is 10.0. The third-order valence-corrected chi connectivity index (χ3v) is 5.78. The van der Waals surface area contributed by atoms with Gasteiger partial charge in [-0.15, -0.1) is 0 Å². The fourth-order valence-corrected chi connectivity index (χ4v) is 4.47. The molecule has 1 N–H and O–H groups in total. The van der Waals surface area contributed by atoms with Gasteiger partial charge in [0.25, 0.3) is 0 Å². The molecular weight excluding hydrogens is 250 g/mol. The minimum atomic E-state index is -3.49. The van der Waals surface area contributed by atoms with Gasteiger partial charge in [-0.2, -0.15) is 4.31 Å². The average molecular weight is 269 g/mol. The molecule has 1 aromatic rings. The number of nitrogens with zero attached hydrogens (tertiary/aromatic N) is 1. The Kier molecular flexibility index (Phi) is 3.75. The van der Waals surface area contributed by atoms with E-state index in [0.29, 0.717) is 11.4 Å². The molecule has 0 radical (unpaired) electrons. The first-order valence-corrected chi connectivity index (χ1v) is 7.61. The van der Waals surface area contributed by atoms with Gasteiger partial charge in [0.05, 0.1) is 17.5 Å². The first kappa shape index (κ1) is 13.5. The van der Waals surface area contributed by atoms with Gasteiger partial charge in [0.1, 0.15) is 0 Å². The van der Waals surface area contributed by atoms with Crippen molar-refractivity contribution in [3.63, 3.8) is 0 Å². The minimum absolute atomic E-state index is 0.119. The predicted molar refractivity (Wildman–Crippen MR) is 69.7 cm³/mol. The van der Waals surface area contributed by atoms with Gasteiger partial charge in [-0.25, -0.2) is 8.42 Å². The molecule has 2 rings (SSSR count). The van der Waals surface area contributed by atoms with E-state index in [1.807, 2.05) is 13.0 Å². The second kappa shape index (κ2) is 4.99. The molecule has 2 atom stereocenters. The molecular formula is C13H19NO3S. The van der Waals surface area contributed by atoms with Crippen LogP contribution < -0.4 is 0 Å². The minimum Gasteiger partial charge on any atom is -0.395 e. The smallest absolute Gasteiger partial charge is 0.243 e. The zero-order chi connectivity index (χ0) is 13.3. The lowest BCUT2D eigenvalue weighted by Crippen LogP contribution is -2.40. The van der Waals surface area contributed by atoms with Crippen LogP contribution in [-0.4, -0.2) is 37.0 Å². The average Bonchev–Trinajstić information content (AvgIpc) is 2.71. The standard InChI is InChI=1S/C13H19NO3S/c1-10-7-8-14(12(10)9-15)18(16,17)13-6-4-3-5-11(13)2/h3-6,10,12,15H,7-9H2,1-2H3. The van der Waals surface area contributed by atoms with Gasteiger partial charge in [0.2, 0.25) is 10.0 Å². The Hall–Kier alpha value is -0.910. The van der Waals surface area contributed by atoms with Crippen molar-refractivity contribution in [3.05, 3.63) is 29.8 Å². The first-order valence-electron chi connectivity index (χ1n) is 6.17. The van der Waals surface area contributed by atoms with Gasteiger partial charge in [-0.3, -0.25) is 0 Å². The lowest BCUT2D eigenvalue weighted by molar-refractivity contribution is 0.191. The number of hydrogen-bond donors (Lipinski definition) is 1. The van der Waals surface area contributed by atoms with Crippen molar-refractivity contribution >= 4 is 10.0 Å². The molecule has 1 fully saturated rings. The van der Waals surface area contributed by atoms with E-state index in [4.69, 9.17) is 0 Å². The van der Waals surface area contributed by atoms with Crippen molar-refractivity contribution in [1.29, 1.82) is 0 Å². The van der Waals surface area contributed by atoms with Crippen LogP contribution in [0.5, 0.6) is 0 Å². The van der Waals surface area contributed by atoms with Crippen molar-refractivity contribution in [2.75, 3.05) is 13.2 Å². The Balaban J connectivity index is 2.41. The molecule has 0 bridgehead atoms. The third kappa shape index (κ3) is 2.18. The summed E-state index contributed by atoms with van der Waals surface area (Å²) in [4.78, 5) is 0.345. The molecule has 1 heterocycles. The number of sulfonamides is 1. The second-order valence-corrected chi connectivity index (χ2v) is 6.76. The monoisotopic (exact) mass is 269 g/mol. The maximum Gasteiger partial charge on any atom is 0.243 e. The van der Waals surface area contributed by atoms with Crippen LogP contribution in [0.15, 0.2) is 29.2 Å². The molecule has 0 amide bonds. The van der Waals surface area contributed by atoms with Crippen molar-refractivity contribution < 1.29 is 13.5 Å². The number of aryl methyl sites for hydroxylation is 1. The third-order valence-electron chi connectivity index (χ3n) is 3.70. The van der Waals surface area contributed by atoms with Crippen LogP contribution in [0.4, 0.5) is 0 Å². The Morgan fingerprint density at radius 2 is 2.06 bits per heavy atom. The molecule has 100 valence electrons. The number of hydrogen-bond acceptors (Lipinski definition) is 3. The molecule has 5 heteroatoms. The Labute approximate surface area is 108 Å². The van der Waals surface area contributed by atoms with Gasteiger partial charge in [0.15, 0.2) is 0 Å². The number of aliphatic hydroxyl groups excluding tert-OH is 1. The summed E-state index contributed by atoms with van der Waals surface area (Å²) in [5.74, 6) is 0.203. The molecule has 0 aromatic heterocycles. The highest BCUT2D eigenvalue weighted by molar-refractivity contribution is 7.89. The Morgan fingerprint density at radius 3 is 2.67 bits per heavy atom.